The number of sulfonamides is 1. The Morgan fingerprint density at radius 1 is 1.30 bits per heavy atom. The zero-order chi connectivity index (χ0) is 24.6. The van der Waals surface area contributed by atoms with Gasteiger partial charge in [-0.1, -0.05) is 13.8 Å². The number of imidazole rings is 1. The van der Waals surface area contributed by atoms with Crippen LogP contribution < -0.4 is 14.8 Å². The van der Waals surface area contributed by atoms with Gasteiger partial charge in [0.1, 0.15) is 11.6 Å². The van der Waals surface area contributed by atoms with Crippen LogP contribution in [0.5, 0.6) is 5.88 Å². The van der Waals surface area contributed by atoms with Gasteiger partial charge in [-0.15, -0.1) is 0 Å². The molecule has 178 valence electrons. The third-order valence-corrected chi connectivity index (χ3v) is 6.01. The van der Waals surface area contributed by atoms with E-state index in [1.807, 2.05) is 18.6 Å². The molecule has 0 fully saturated rings. The van der Waals surface area contributed by atoms with Gasteiger partial charge in [-0.2, -0.15) is 8.42 Å². The van der Waals surface area contributed by atoms with E-state index in [0.29, 0.717) is 28.9 Å². The second-order valence-corrected chi connectivity index (χ2v) is 9.83. The summed E-state index contributed by atoms with van der Waals surface area (Å²) >= 11 is 0. The van der Waals surface area contributed by atoms with Crippen LogP contribution in [0.25, 0.3) is 5.69 Å². The van der Waals surface area contributed by atoms with Crippen LogP contribution in [0.4, 0.5) is 10.6 Å². The summed E-state index contributed by atoms with van der Waals surface area (Å²) in [5.41, 5.74) is 0.142. The molecule has 11 nitrogen and oxygen atoms in total. The van der Waals surface area contributed by atoms with Crippen molar-refractivity contribution in [2.24, 2.45) is 0 Å². The van der Waals surface area contributed by atoms with E-state index in [1.165, 1.54) is 21.0 Å². The number of aliphatic hydroxyl groups is 1. The summed E-state index contributed by atoms with van der Waals surface area (Å²) in [5, 5.41) is 12.1. The molecular weight excluding hydrogens is 450 g/mol. The molecule has 0 saturated carbocycles. The Hall–Kier alpha value is -3.38. The maximum Gasteiger partial charge on any atom is 0.334 e. The number of anilines is 1. The van der Waals surface area contributed by atoms with Gasteiger partial charge >= 0.3 is 6.03 Å². The molecule has 3 heterocycles. The first-order valence-electron chi connectivity index (χ1n) is 10.1. The van der Waals surface area contributed by atoms with Gasteiger partial charge in [0, 0.05) is 23.9 Å². The van der Waals surface area contributed by atoms with E-state index in [-0.39, 0.29) is 11.5 Å². The fraction of sp³-hybridized carbons (Fsp3) is 0.381. The van der Waals surface area contributed by atoms with Crippen molar-refractivity contribution in [2.75, 3.05) is 12.4 Å². The number of nitrogens with zero attached hydrogens (tertiary/aromatic N) is 3. The SMILES string of the molecule is COc1cc(-n2c(C)nc(C(C)C)c2NC(=O)NS(=O)(=O)c2cc(C(C)(C)O)co2)ccn1. The van der Waals surface area contributed by atoms with E-state index in [1.54, 1.807) is 29.8 Å². The van der Waals surface area contributed by atoms with Gasteiger partial charge in [-0.3, -0.25) is 9.88 Å². The minimum absolute atomic E-state index is 0.0694. The molecule has 3 aromatic heterocycles. The van der Waals surface area contributed by atoms with Crippen LogP contribution in [0.3, 0.4) is 0 Å². The van der Waals surface area contributed by atoms with Gasteiger partial charge in [-0.05, 0) is 32.8 Å². The van der Waals surface area contributed by atoms with Crippen LogP contribution in [0, 0.1) is 6.92 Å². The Morgan fingerprint density at radius 3 is 2.58 bits per heavy atom. The number of ether oxygens (including phenoxy) is 1. The Bertz CT molecular complexity index is 1270. The van der Waals surface area contributed by atoms with Gasteiger partial charge in [0.2, 0.25) is 11.0 Å². The first-order chi connectivity index (χ1) is 15.3. The van der Waals surface area contributed by atoms with Crippen LogP contribution in [-0.2, 0) is 15.6 Å². The van der Waals surface area contributed by atoms with Gasteiger partial charge in [0.15, 0.2) is 0 Å². The molecule has 3 rings (SSSR count). The first kappa shape index (κ1) is 24.3. The molecule has 2 amide bonds. The molecule has 0 aliphatic rings. The number of rotatable bonds is 7. The fourth-order valence-electron chi connectivity index (χ4n) is 3.13. The van der Waals surface area contributed by atoms with Gasteiger partial charge in [-0.25, -0.2) is 19.5 Å². The van der Waals surface area contributed by atoms with E-state index in [9.17, 15) is 18.3 Å². The quantitative estimate of drug-likeness (QED) is 0.470. The molecule has 3 aromatic rings. The van der Waals surface area contributed by atoms with Crippen molar-refractivity contribution < 1.29 is 27.5 Å². The molecule has 0 atom stereocenters. The molecular formula is C21H27N5O6S. The molecule has 0 aromatic carbocycles. The van der Waals surface area contributed by atoms with Crippen molar-refractivity contribution in [2.45, 2.75) is 51.2 Å². The summed E-state index contributed by atoms with van der Waals surface area (Å²) in [6, 6.07) is 3.54. The highest BCUT2D eigenvalue weighted by Gasteiger charge is 2.28. The molecule has 12 heteroatoms. The highest BCUT2D eigenvalue weighted by atomic mass is 32.2. The molecule has 0 unspecified atom stereocenters. The Morgan fingerprint density at radius 2 is 2.00 bits per heavy atom. The minimum Gasteiger partial charge on any atom is -0.481 e. The standard InChI is InChI=1S/C21H27N5O6S/c1-12(2)18-19(26(13(3)23-18)15-7-8-22-16(10-15)31-6)24-20(27)25-33(29,30)17-9-14(11-32-17)21(4,5)28/h7-12,28H,1-6H3,(H2,24,25,27). The lowest BCUT2D eigenvalue weighted by Gasteiger charge is -2.15. The molecule has 0 aliphatic carbocycles. The Labute approximate surface area is 191 Å². The predicted octanol–water partition coefficient (Wildman–Crippen LogP) is 3.04. The van der Waals surface area contributed by atoms with E-state index < -0.39 is 26.7 Å². The number of urea groups is 1. The molecule has 0 radical (unpaired) electrons. The van der Waals surface area contributed by atoms with Crippen LogP contribution in [-0.4, -0.2) is 41.2 Å². The second-order valence-electron chi connectivity index (χ2n) is 8.21. The van der Waals surface area contributed by atoms with Gasteiger partial charge < -0.3 is 14.3 Å². The number of hydrogen-bond acceptors (Lipinski definition) is 8. The Kier molecular flexibility index (Phi) is 6.52. The monoisotopic (exact) mass is 477 g/mol. The predicted molar refractivity (Wildman–Crippen MR) is 120 cm³/mol. The summed E-state index contributed by atoms with van der Waals surface area (Å²) in [6.07, 6.45) is 2.67. The Balaban J connectivity index is 1.94. The zero-order valence-corrected chi connectivity index (χ0v) is 20.0. The van der Waals surface area contributed by atoms with Crippen molar-refractivity contribution in [3.8, 4) is 11.6 Å². The summed E-state index contributed by atoms with van der Waals surface area (Å²) in [6.45, 7) is 8.54. The van der Waals surface area contributed by atoms with Crippen molar-refractivity contribution in [1.82, 2.24) is 19.3 Å². The number of aromatic nitrogens is 3. The molecule has 33 heavy (non-hydrogen) atoms. The van der Waals surface area contributed by atoms with Gasteiger partial charge in [0.05, 0.1) is 30.4 Å². The number of carbonyl (C=O) groups excluding carboxylic acids is 1. The van der Waals surface area contributed by atoms with E-state index in [0.717, 1.165) is 12.3 Å². The summed E-state index contributed by atoms with van der Waals surface area (Å²) < 4.78 is 39.1. The summed E-state index contributed by atoms with van der Waals surface area (Å²) in [7, 11) is -2.85. The normalized spacial score (nSPS) is 12.1. The lowest BCUT2D eigenvalue weighted by Crippen LogP contribution is -2.35. The van der Waals surface area contributed by atoms with E-state index in [2.05, 4.69) is 15.3 Å². The van der Waals surface area contributed by atoms with Crippen molar-refractivity contribution in [1.29, 1.82) is 0 Å². The number of hydrogen-bond donors (Lipinski definition) is 3. The lowest BCUT2D eigenvalue weighted by molar-refractivity contribution is 0.0779. The number of methoxy groups -OCH3 is 1. The van der Waals surface area contributed by atoms with E-state index in [4.69, 9.17) is 9.15 Å². The van der Waals surface area contributed by atoms with Crippen molar-refractivity contribution in [3.63, 3.8) is 0 Å². The highest BCUT2D eigenvalue weighted by Crippen LogP contribution is 2.30. The largest absolute Gasteiger partial charge is 0.481 e. The van der Waals surface area contributed by atoms with Crippen LogP contribution >= 0.6 is 0 Å². The van der Waals surface area contributed by atoms with Crippen LogP contribution in [0.2, 0.25) is 0 Å². The number of nitrogens with one attached hydrogen (secondary N) is 2. The van der Waals surface area contributed by atoms with Crippen LogP contribution in [0.15, 0.2) is 40.2 Å². The maximum absolute atomic E-state index is 12.7. The van der Waals surface area contributed by atoms with Crippen LogP contribution in [0.1, 0.15) is 50.7 Å². The first-order valence-corrected chi connectivity index (χ1v) is 11.6. The number of amides is 2. The molecule has 3 N–H and O–H groups in total. The van der Waals surface area contributed by atoms with Gasteiger partial charge in [0.25, 0.3) is 10.0 Å². The third-order valence-electron chi connectivity index (χ3n) is 4.81. The second kappa shape index (κ2) is 8.87. The highest BCUT2D eigenvalue weighted by molar-refractivity contribution is 7.89. The molecule has 0 aliphatic heterocycles. The number of aryl methyl sites for hydroxylation is 1. The number of carbonyl (C=O) groups is 1. The maximum atomic E-state index is 12.7. The fourth-order valence-corrected chi connectivity index (χ4v) is 3.98. The average Bonchev–Trinajstić information content (AvgIpc) is 3.33. The number of pyridine rings is 1. The minimum atomic E-state index is -4.33. The zero-order valence-electron chi connectivity index (χ0n) is 19.2. The summed E-state index contributed by atoms with van der Waals surface area (Å²) in [4.78, 5) is 21.4. The number of furan rings is 1. The smallest absolute Gasteiger partial charge is 0.334 e. The van der Waals surface area contributed by atoms with Crippen molar-refractivity contribution in [3.05, 3.63) is 47.7 Å². The summed E-state index contributed by atoms with van der Waals surface area (Å²) in [5.74, 6) is 1.18. The lowest BCUT2D eigenvalue weighted by atomic mass is 10.0. The van der Waals surface area contributed by atoms with Crippen molar-refractivity contribution >= 4 is 21.9 Å². The third kappa shape index (κ3) is 5.17. The molecule has 0 saturated heterocycles. The average molecular weight is 478 g/mol. The van der Waals surface area contributed by atoms with E-state index >= 15 is 0 Å². The molecule has 0 bridgehead atoms. The topological polar surface area (TPSA) is 149 Å². The molecule has 0 spiro atoms.